The van der Waals surface area contributed by atoms with Crippen molar-refractivity contribution >= 4 is 11.6 Å². The molecular formula is C27H24N8O2. The van der Waals surface area contributed by atoms with Gasteiger partial charge in [0.1, 0.15) is 6.61 Å². The Balaban J connectivity index is 1.72. The van der Waals surface area contributed by atoms with Crippen molar-refractivity contribution in [2.45, 2.75) is 27.4 Å². The van der Waals surface area contributed by atoms with Crippen molar-refractivity contribution in [3.63, 3.8) is 0 Å². The highest BCUT2D eigenvalue weighted by atomic mass is 16.5. The zero-order valence-corrected chi connectivity index (χ0v) is 20.9. The van der Waals surface area contributed by atoms with Crippen molar-refractivity contribution in [3.05, 3.63) is 76.7 Å². The van der Waals surface area contributed by atoms with Gasteiger partial charge in [-0.2, -0.15) is 14.8 Å². The number of aromatic nitrogens is 6. The van der Waals surface area contributed by atoms with E-state index in [0.29, 0.717) is 33.9 Å². The molecular weight excluding hydrogens is 468 g/mol. The number of rotatable bonds is 6. The number of nitrogens with two attached hydrogens (primary N) is 1. The summed E-state index contributed by atoms with van der Waals surface area (Å²) in [6.07, 6.45) is 0. The van der Waals surface area contributed by atoms with Gasteiger partial charge in [-0.25, -0.2) is 9.97 Å². The molecule has 0 bridgehead atoms. The lowest BCUT2D eigenvalue weighted by Gasteiger charge is -2.14. The molecule has 0 atom stereocenters. The second-order valence-electron chi connectivity index (χ2n) is 8.53. The number of hydrogen-bond donors (Lipinski definition) is 1. The maximum atomic E-state index is 9.78. The highest BCUT2D eigenvalue weighted by Crippen LogP contribution is 2.37. The summed E-state index contributed by atoms with van der Waals surface area (Å²) in [6, 6.07) is 17.2. The third-order valence-electron chi connectivity index (χ3n) is 5.90. The second-order valence-corrected chi connectivity index (χ2v) is 8.53. The van der Waals surface area contributed by atoms with Crippen molar-refractivity contribution in [1.29, 1.82) is 5.26 Å². The molecule has 4 aromatic heterocycles. The molecule has 0 amide bonds. The number of fused-ring (bicyclic) bond motifs is 1. The van der Waals surface area contributed by atoms with Crippen LogP contribution in [0.15, 0.2) is 48.5 Å². The van der Waals surface area contributed by atoms with Gasteiger partial charge in [-0.3, -0.25) is 4.98 Å². The molecule has 0 saturated carbocycles. The van der Waals surface area contributed by atoms with Crippen LogP contribution in [0.2, 0.25) is 0 Å². The first-order valence-corrected chi connectivity index (χ1v) is 11.5. The number of anilines is 1. The van der Waals surface area contributed by atoms with Gasteiger partial charge >= 0.3 is 6.01 Å². The predicted molar refractivity (Wildman–Crippen MR) is 138 cm³/mol. The summed E-state index contributed by atoms with van der Waals surface area (Å²) in [4.78, 5) is 18.3. The Morgan fingerprint density at radius 3 is 2.57 bits per heavy atom. The molecule has 10 nitrogen and oxygen atoms in total. The van der Waals surface area contributed by atoms with Crippen LogP contribution in [0.25, 0.3) is 28.0 Å². The second kappa shape index (κ2) is 9.54. The first kappa shape index (κ1) is 23.7. The number of ether oxygens (including phenoxy) is 2. The van der Waals surface area contributed by atoms with Crippen LogP contribution in [0, 0.1) is 32.1 Å². The fourth-order valence-corrected chi connectivity index (χ4v) is 4.09. The molecule has 0 spiro atoms. The van der Waals surface area contributed by atoms with Crippen LogP contribution in [0.5, 0.6) is 11.9 Å². The molecule has 0 saturated heterocycles. The third-order valence-corrected chi connectivity index (χ3v) is 5.90. The van der Waals surface area contributed by atoms with E-state index in [4.69, 9.17) is 15.2 Å². The topological polar surface area (TPSA) is 137 Å². The van der Waals surface area contributed by atoms with Crippen LogP contribution < -0.4 is 15.2 Å². The monoisotopic (exact) mass is 492 g/mol. The van der Waals surface area contributed by atoms with E-state index < -0.39 is 0 Å². The SMILES string of the molecule is COc1cc(-c2c(-c3ccccc3C#N)nc(N)n3nc(OCc4nc(C)ccc4C)nc23)cc(C)n1. The van der Waals surface area contributed by atoms with Gasteiger partial charge in [0.15, 0.2) is 5.65 Å². The lowest BCUT2D eigenvalue weighted by atomic mass is 9.97. The van der Waals surface area contributed by atoms with Gasteiger partial charge in [-0.05, 0) is 50.1 Å². The van der Waals surface area contributed by atoms with Crippen molar-refractivity contribution < 1.29 is 9.47 Å². The molecule has 0 fully saturated rings. The first-order chi connectivity index (χ1) is 17.9. The molecule has 37 heavy (non-hydrogen) atoms. The summed E-state index contributed by atoms with van der Waals surface area (Å²) < 4.78 is 12.8. The predicted octanol–water partition coefficient (Wildman–Crippen LogP) is 4.22. The van der Waals surface area contributed by atoms with Gasteiger partial charge in [0, 0.05) is 23.0 Å². The minimum Gasteiger partial charge on any atom is -0.481 e. The average molecular weight is 493 g/mol. The molecule has 0 radical (unpaired) electrons. The molecule has 0 aliphatic rings. The Morgan fingerprint density at radius 1 is 0.973 bits per heavy atom. The van der Waals surface area contributed by atoms with Crippen molar-refractivity contribution in [1.82, 2.24) is 29.5 Å². The lowest BCUT2D eigenvalue weighted by molar-refractivity contribution is 0.276. The number of pyridine rings is 2. The van der Waals surface area contributed by atoms with Crippen LogP contribution in [0.4, 0.5) is 5.95 Å². The fourth-order valence-electron chi connectivity index (χ4n) is 4.09. The van der Waals surface area contributed by atoms with Gasteiger partial charge in [0.25, 0.3) is 0 Å². The molecule has 0 aliphatic carbocycles. The van der Waals surface area contributed by atoms with E-state index in [9.17, 15) is 5.26 Å². The van der Waals surface area contributed by atoms with Gasteiger partial charge < -0.3 is 15.2 Å². The Kier molecular flexibility index (Phi) is 6.11. The summed E-state index contributed by atoms with van der Waals surface area (Å²) in [7, 11) is 1.55. The van der Waals surface area contributed by atoms with E-state index in [-0.39, 0.29) is 18.6 Å². The molecule has 4 heterocycles. The molecule has 10 heteroatoms. The largest absolute Gasteiger partial charge is 0.481 e. The van der Waals surface area contributed by atoms with E-state index in [1.54, 1.807) is 25.3 Å². The van der Waals surface area contributed by atoms with Crippen molar-refractivity contribution in [2.75, 3.05) is 12.8 Å². The Hall–Kier alpha value is -5.04. The maximum Gasteiger partial charge on any atom is 0.336 e. The highest BCUT2D eigenvalue weighted by molar-refractivity contribution is 5.92. The van der Waals surface area contributed by atoms with E-state index in [0.717, 1.165) is 28.2 Å². The van der Waals surface area contributed by atoms with Crippen LogP contribution >= 0.6 is 0 Å². The molecule has 0 unspecified atom stereocenters. The normalized spacial score (nSPS) is 10.9. The van der Waals surface area contributed by atoms with Gasteiger partial charge in [0.2, 0.25) is 11.8 Å². The third kappa shape index (κ3) is 4.50. The zero-order chi connectivity index (χ0) is 26.1. The lowest BCUT2D eigenvalue weighted by Crippen LogP contribution is -2.07. The summed E-state index contributed by atoms with van der Waals surface area (Å²) >= 11 is 0. The number of nitriles is 1. The quantitative estimate of drug-likeness (QED) is 0.369. The molecule has 1 aromatic carbocycles. The number of nitrogen functional groups attached to an aromatic ring is 1. The Morgan fingerprint density at radius 2 is 1.78 bits per heavy atom. The van der Waals surface area contributed by atoms with Crippen molar-refractivity contribution in [3.8, 4) is 40.3 Å². The zero-order valence-electron chi connectivity index (χ0n) is 20.9. The minimum absolute atomic E-state index is 0.103. The molecule has 5 aromatic rings. The van der Waals surface area contributed by atoms with Gasteiger partial charge in [0.05, 0.1) is 35.7 Å². The molecule has 5 rings (SSSR count). The first-order valence-electron chi connectivity index (χ1n) is 11.5. The van der Waals surface area contributed by atoms with E-state index in [1.165, 1.54) is 4.52 Å². The van der Waals surface area contributed by atoms with Crippen LogP contribution in [-0.2, 0) is 6.61 Å². The standard InChI is InChI=1S/C27H24N8O2/c1-15-9-10-16(2)30-21(15)14-37-27-33-25-23(19-11-17(3)31-22(12-19)36-4)24(32-26(29)35(25)34-27)20-8-6-5-7-18(20)13-28/h5-12H,14H2,1-4H3,(H2,29,32). The highest BCUT2D eigenvalue weighted by Gasteiger charge is 2.23. The van der Waals surface area contributed by atoms with E-state index >= 15 is 0 Å². The number of aryl methyl sites for hydroxylation is 3. The number of benzene rings is 1. The smallest absolute Gasteiger partial charge is 0.336 e. The number of hydrogen-bond acceptors (Lipinski definition) is 9. The maximum absolute atomic E-state index is 9.78. The van der Waals surface area contributed by atoms with Gasteiger partial charge in [-0.15, -0.1) is 5.10 Å². The minimum atomic E-state index is 0.103. The Labute approximate surface area is 213 Å². The summed E-state index contributed by atoms with van der Waals surface area (Å²) in [5, 5.41) is 14.2. The molecule has 184 valence electrons. The van der Waals surface area contributed by atoms with Gasteiger partial charge in [-0.1, -0.05) is 24.3 Å². The fraction of sp³-hybridized carbons (Fsp3) is 0.185. The summed E-state index contributed by atoms with van der Waals surface area (Å²) in [6.45, 7) is 5.96. The van der Waals surface area contributed by atoms with Crippen LogP contribution in [0.1, 0.15) is 28.2 Å². The van der Waals surface area contributed by atoms with Crippen LogP contribution in [0.3, 0.4) is 0 Å². The van der Waals surface area contributed by atoms with E-state index in [1.807, 2.05) is 51.1 Å². The van der Waals surface area contributed by atoms with E-state index in [2.05, 4.69) is 31.1 Å². The van der Waals surface area contributed by atoms with Crippen molar-refractivity contribution in [2.24, 2.45) is 0 Å². The summed E-state index contributed by atoms with van der Waals surface area (Å²) in [5.41, 5.74) is 13.1. The average Bonchev–Trinajstić information content (AvgIpc) is 3.33. The molecule has 2 N–H and O–H groups in total. The number of nitrogens with zero attached hydrogens (tertiary/aromatic N) is 7. The summed E-state index contributed by atoms with van der Waals surface area (Å²) in [5.74, 6) is 0.535. The number of methoxy groups -OCH3 is 1. The van der Waals surface area contributed by atoms with Crippen LogP contribution in [-0.4, -0.2) is 36.7 Å². The molecule has 0 aliphatic heterocycles. The Bertz CT molecular complexity index is 1690.